The average Bonchev–Trinajstić information content (AvgIpc) is 2.84. The summed E-state index contributed by atoms with van der Waals surface area (Å²) in [5.41, 5.74) is 7.69. The van der Waals surface area contributed by atoms with E-state index in [0.717, 1.165) is 29.1 Å². The van der Waals surface area contributed by atoms with Crippen molar-refractivity contribution in [3.8, 4) is 0 Å². The molecule has 0 saturated carbocycles. The third kappa shape index (κ3) is 3.84. The van der Waals surface area contributed by atoms with Crippen LogP contribution in [0.2, 0.25) is 0 Å². The van der Waals surface area contributed by atoms with Gasteiger partial charge < -0.3 is 5.73 Å². The minimum absolute atomic E-state index is 0.117. The number of benzene rings is 1. The van der Waals surface area contributed by atoms with Crippen molar-refractivity contribution in [2.45, 2.75) is 19.3 Å². The number of aromatic nitrogens is 1. The highest BCUT2D eigenvalue weighted by Crippen LogP contribution is 2.18. The molecule has 2 N–H and O–H groups in total. The van der Waals surface area contributed by atoms with E-state index < -0.39 is 4.92 Å². The van der Waals surface area contributed by atoms with Crippen molar-refractivity contribution < 1.29 is 4.92 Å². The molecule has 100 valence electrons. The first-order valence-corrected chi connectivity index (χ1v) is 6.93. The molecule has 0 saturated heterocycles. The highest BCUT2D eigenvalue weighted by molar-refractivity contribution is 7.09. The molecule has 0 amide bonds. The van der Waals surface area contributed by atoms with Crippen molar-refractivity contribution in [2.24, 2.45) is 5.73 Å². The molecule has 6 heteroatoms. The highest BCUT2D eigenvalue weighted by Gasteiger charge is 2.06. The predicted octanol–water partition coefficient (Wildman–Crippen LogP) is 2.53. The van der Waals surface area contributed by atoms with Crippen LogP contribution in [0.15, 0.2) is 29.6 Å². The predicted molar refractivity (Wildman–Crippen MR) is 75.4 cm³/mol. The average molecular weight is 277 g/mol. The largest absolute Gasteiger partial charge is 0.330 e. The number of rotatable bonds is 6. The van der Waals surface area contributed by atoms with E-state index in [1.807, 2.05) is 0 Å². The summed E-state index contributed by atoms with van der Waals surface area (Å²) in [6.07, 6.45) is 2.57. The fourth-order valence-corrected chi connectivity index (χ4v) is 2.60. The Bertz CT molecular complexity index is 551. The van der Waals surface area contributed by atoms with E-state index in [-0.39, 0.29) is 5.69 Å². The van der Waals surface area contributed by atoms with E-state index in [0.29, 0.717) is 13.0 Å². The number of nitrogens with zero attached hydrogens (tertiary/aromatic N) is 2. The van der Waals surface area contributed by atoms with Gasteiger partial charge in [0.15, 0.2) is 0 Å². The fraction of sp³-hybridized carbons (Fsp3) is 0.308. The van der Waals surface area contributed by atoms with Gasteiger partial charge in [0.05, 0.1) is 15.6 Å². The lowest BCUT2D eigenvalue weighted by molar-refractivity contribution is -0.384. The quantitative estimate of drug-likeness (QED) is 0.649. The van der Waals surface area contributed by atoms with Gasteiger partial charge in [0.25, 0.3) is 5.69 Å². The Kier molecular flexibility index (Phi) is 4.59. The van der Waals surface area contributed by atoms with Gasteiger partial charge in [0.1, 0.15) is 0 Å². The lowest BCUT2D eigenvalue weighted by Gasteiger charge is -1.98. The van der Waals surface area contributed by atoms with E-state index in [9.17, 15) is 10.1 Å². The molecular weight excluding hydrogens is 262 g/mol. The molecule has 1 aromatic carbocycles. The fourth-order valence-electron chi connectivity index (χ4n) is 1.74. The molecular formula is C13H15N3O2S. The number of hydrogen-bond donors (Lipinski definition) is 1. The molecule has 0 atom stereocenters. The second-order valence-corrected chi connectivity index (χ2v) is 5.17. The zero-order valence-corrected chi connectivity index (χ0v) is 11.2. The van der Waals surface area contributed by atoms with Gasteiger partial charge in [-0.15, -0.1) is 11.3 Å². The summed E-state index contributed by atoms with van der Waals surface area (Å²) in [6.45, 7) is 0.676. The first-order chi connectivity index (χ1) is 9.19. The van der Waals surface area contributed by atoms with Gasteiger partial charge in [-0.1, -0.05) is 12.1 Å². The van der Waals surface area contributed by atoms with Crippen LogP contribution in [0.3, 0.4) is 0 Å². The van der Waals surface area contributed by atoms with Gasteiger partial charge in [-0.25, -0.2) is 4.98 Å². The molecule has 0 aliphatic heterocycles. The van der Waals surface area contributed by atoms with Gasteiger partial charge >= 0.3 is 0 Å². The molecule has 5 nitrogen and oxygen atoms in total. The molecule has 0 unspecified atom stereocenters. The molecule has 19 heavy (non-hydrogen) atoms. The molecule has 0 aliphatic carbocycles. The third-order valence-electron chi connectivity index (χ3n) is 2.74. The summed E-state index contributed by atoms with van der Waals surface area (Å²) in [5, 5.41) is 13.6. The number of aryl methyl sites for hydroxylation is 1. The van der Waals surface area contributed by atoms with Crippen molar-refractivity contribution in [1.29, 1.82) is 0 Å². The zero-order valence-electron chi connectivity index (χ0n) is 10.4. The summed E-state index contributed by atoms with van der Waals surface area (Å²) >= 11 is 1.62. The molecule has 0 bridgehead atoms. The maximum absolute atomic E-state index is 10.6. The van der Waals surface area contributed by atoms with E-state index in [1.165, 1.54) is 12.1 Å². The summed E-state index contributed by atoms with van der Waals surface area (Å²) in [6, 6.07) is 6.61. The van der Waals surface area contributed by atoms with Crippen molar-refractivity contribution >= 4 is 17.0 Å². The second kappa shape index (κ2) is 6.40. The van der Waals surface area contributed by atoms with Gasteiger partial charge in [0.2, 0.25) is 0 Å². The second-order valence-electron chi connectivity index (χ2n) is 4.23. The van der Waals surface area contributed by atoms with Gasteiger partial charge in [0, 0.05) is 23.9 Å². The van der Waals surface area contributed by atoms with Crippen molar-refractivity contribution in [3.63, 3.8) is 0 Å². The SMILES string of the molecule is NCCCc1csc(Cc2ccc([N+](=O)[O-])cc2)n1. The summed E-state index contributed by atoms with van der Waals surface area (Å²) < 4.78 is 0. The minimum Gasteiger partial charge on any atom is -0.330 e. The third-order valence-corrected chi connectivity index (χ3v) is 3.64. The summed E-state index contributed by atoms with van der Waals surface area (Å²) in [4.78, 5) is 14.7. The highest BCUT2D eigenvalue weighted by atomic mass is 32.1. The maximum Gasteiger partial charge on any atom is 0.269 e. The zero-order chi connectivity index (χ0) is 13.7. The van der Waals surface area contributed by atoms with E-state index in [4.69, 9.17) is 5.73 Å². The van der Waals surface area contributed by atoms with Gasteiger partial charge in [-0.05, 0) is 24.9 Å². The lowest BCUT2D eigenvalue weighted by atomic mass is 10.1. The number of nitro benzene ring substituents is 1. The summed E-state index contributed by atoms with van der Waals surface area (Å²) in [5.74, 6) is 0. The Labute approximate surface area is 115 Å². The topological polar surface area (TPSA) is 82.0 Å². The van der Waals surface area contributed by atoms with Crippen LogP contribution in [-0.2, 0) is 12.8 Å². The number of hydrogen-bond acceptors (Lipinski definition) is 5. The number of nitrogens with two attached hydrogens (primary N) is 1. The lowest BCUT2D eigenvalue weighted by Crippen LogP contribution is -2.00. The Morgan fingerprint density at radius 3 is 2.68 bits per heavy atom. The molecule has 0 spiro atoms. The van der Waals surface area contributed by atoms with E-state index >= 15 is 0 Å². The normalized spacial score (nSPS) is 10.6. The summed E-state index contributed by atoms with van der Waals surface area (Å²) in [7, 11) is 0. The molecule has 0 fully saturated rings. The first kappa shape index (κ1) is 13.6. The van der Waals surface area contributed by atoms with Crippen LogP contribution in [0.25, 0.3) is 0 Å². The number of thiazole rings is 1. The maximum atomic E-state index is 10.6. The number of non-ortho nitro benzene ring substituents is 1. The van der Waals surface area contributed by atoms with Crippen molar-refractivity contribution in [3.05, 3.63) is 56.0 Å². The Balaban J connectivity index is 2.00. The smallest absolute Gasteiger partial charge is 0.269 e. The van der Waals surface area contributed by atoms with Crippen LogP contribution in [0.5, 0.6) is 0 Å². The molecule has 0 aliphatic rings. The van der Waals surface area contributed by atoms with Crippen LogP contribution < -0.4 is 5.73 Å². The van der Waals surface area contributed by atoms with Crippen LogP contribution in [0.4, 0.5) is 5.69 Å². The van der Waals surface area contributed by atoms with E-state index in [1.54, 1.807) is 23.5 Å². The Morgan fingerprint density at radius 2 is 2.05 bits per heavy atom. The van der Waals surface area contributed by atoms with E-state index in [2.05, 4.69) is 10.4 Å². The Morgan fingerprint density at radius 1 is 1.32 bits per heavy atom. The van der Waals surface area contributed by atoms with Crippen molar-refractivity contribution in [2.75, 3.05) is 6.54 Å². The molecule has 0 radical (unpaired) electrons. The monoisotopic (exact) mass is 277 g/mol. The van der Waals surface area contributed by atoms with Crippen LogP contribution in [-0.4, -0.2) is 16.5 Å². The van der Waals surface area contributed by atoms with Gasteiger partial charge in [-0.2, -0.15) is 0 Å². The van der Waals surface area contributed by atoms with Crippen molar-refractivity contribution in [1.82, 2.24) is 4.98 Å². The number of nitro groups is 1. The Hall–Kier alpha value is -1.79. The van der Waals surface area contributed by atoms with Crippen LogP contribution in [0.1, 0.15) is 22.7 Å². The molecule has 1 aromatic heterocycles. The molecule has 2 rings (SSSR count). The molecule has 2 aromatic rings. The minimum atomic E-state index is -0.391. The van der Waals surface area contributed by atoms with Crippen LogP contribution in [0, 0.1) is 10.1 Å². The molecule has 1 heterocycles. The standard InChI is InChI=1S/C13H15N3O2S/c14-7-1-2-11-9-19-13(15-11)8-10-3-5-12(6-4-10)16(17)18/h3-6,9H,1-2,7-8,14H2. The van der Waals surface area contributed by atoms with Crippen LogP contribution >= 0.6 is 11.3 Å². The van der Waals surface area contributed by atoms with Gasteiger partial charge in [-0.3, -0.25) is 10.1 Å². The first-order valence-electron chi connectivity index (χ1n) is 6.05.